The number of pyridine rings is 1. The van der Waals surface area contributed by atoms with Gasteiger partial charge in [0.1, 0.15) is 18.3 Å². The maximum Gasteiger partial charge on any atom is 0.296 e. The van der Waals surface area contributed by atoms with E-state index in [-0.39, 0.29) is 37.6 Å². The first-order valence-electron chi connectivity index (χ1n) is 11.5. The lowest BCUT2D eigenvalue weighted by Crippen LogP contribution is -2.36. The lowest BCUT2D eigenvalue weighted by Gasteiger charge is -2.16. The van der Waals surface area contributed by atoms with Gasteiger partial charge in [-0.25, -0.2) is 4.98 Å². The Hall–Kier alpha value is -3.01. The van der Waals surface area contributed by atoms with Crippen LogP contribution in [-0.4, -0.2) is 70.9 Å². The molecule has 2 aliphatic heterocycles. The van der Waals surface area contributed by atoms with Crippen LogP contribution in [-0.2, 0) is 14.2 Å². The van der Waals surface area contributed by atoms with Crippen molar-refractivity contribution in [2.45, 2.75) is 24.4 Å². The number of nitrogens with zero attached hydrogens (tertiary/aromatic N) is 2. The van der Waals surface area contributed by atoms with Gasteiger partial charge in [-0.2, -0.15) is 4.98 Å². The zero-order valence-electron chi connectivity index (χ0n) is 18.8. The number of H-pyrrole nitrogens is 1. The molecule has 0 bridgehead atoms. The van der Waals surface area contributed by atoms with Crippen LogP contribution in [0.4, 0.5) is 0 Å². The molecule has 2 aromatic carbocycles. The molecule has 2 fully saturated rings. The molecule has 0 aliphatic carbocycles. The minimum absolute atomic E-state index is 0.0402. The Morgan fingerprint density at radius 2 is 1.60 bits per heavy atom. The Morgan fingerprint density at radius 1 is 0.914 bits per heavy atom. The number of benzene rings is 2. The number of aromatic amines is 1. The van der Waals surface area contributed by atoms with Gasteiger partial charge < -0.3 is 29.0 Å². The van der Waals surface area contributed by atoms with Crippen LogP contribution in [0.15, 0.2) is 60.7 Å². The molecule has 4 atom stereocenters. The Balaban J connectivity index is 1.20. The van der Waals surface area contributed by atoms with Gasteiger partial charge in [-0.15, -0.1) is 0 Å². The fourth-order valence-corrected chi connectivity index (χ4v) is 4.89. The molecule has 35 heavy (non-hydrogen) atoms. The average molecular weight is 494 g/mol. The van der Waals surface area contributed by atoms with Crippen molar-refractivity contribution in [2.24, 2.45) is 0 Å². The topological polar surface area (TPSA) is 98.7 Å². The van der Waals surface area contributed by atoms with E-state index in [0.717, 1.165) is 16.7 Å². The number of aliphatic hydroxyl groups is 1. The predicted molar refractivity (Wildman–Crippen MR) is 130 cm³/mol. The van der Waals surface area contributed by atoms with E-state index in [1.165, 1.54) is 0 Å². The second-order valence-corrected chi connectivity index (χ2v) is 8.97. The molecule has 0 radical (unpaired) electrons. The zero-order chi connectivity index (χ0) is 23.8. The molecule has 6 rings (SSSR count). The zero-order valence-corrected chi connectivity index (χ0v) is 19.5. The number of aliphatic hydroxyl groups excluding tert-OH is 1. The minimum Gasteiger partial charge on any atom is -0.456 e. The largest absolute Gasteiger partial charge is 0.456 e. The summed E-state index contributed by atoms with van der Waals surface area (Å²) in [5.74, 6) is 0. The van der Waals surface area contributed by atoms with Gasteiger partial charge in [-0.3, -0.25) is 0 Å². The summed E-state index contributed by atoms with van der Waals surface area (Å²) in [6, 6.07) is 20.5. The second-order valence-electron chi connectivity index (χ2n) is 8.56. The summed E-state index contributed by atoms with van der Waals surface area (Å²) >= 11 is 6.58. The average Bonchev–Trinajstić information content (AvgIpc) is 3.59. The van der Waals surface area contributed by atoms with Crippen molar-refractivity contribution in [1.82, 2.24) is 15.0 Å². The Morgan fingerprint density at radius 3 is 2.37 bits per heavy atom. The Bertz CT molecular complexity index is 1310. The summed E-state index contributed by atoms with van der Waals surface area (Å²) in [6.07, 6.45) is -1.03. The predicted octanol–water partition coefficient (Wildman–Crippen LogP) is 3.87. The second kappa shape index (κ2) is 9.56. The van der Waals surface area contributed by atoms with E-state index >= 15 is 0 Å². The first-order valence-corrected chi connectivity index (χ1v) is 11.9. The van der Waals surface area contributed by atoms with Crippen LogP contribution in [0.3, 0.4) is 0 Å². The van der Waals surface area contributed by atoms with Crippen LogP contribution < -0.4 is 4.74 Å². The van der Waals surface area contributed by atoms with Gasteiger partial charge in [0.05, 0.1) is 42.7 Å². The molecule has 0 saturated carbocycles. The van der Waals surface area contributed by atoms with E-state index < -0.39 is 0 Å². The SMILES string of the molecule is OCCOC1COC2C(Oc3nc4nc(-c5ccc(-c6ccccc6)cc5)c(Cl)cc4[nH]3)COC12. The standard InChI is InChI=1S/C26H24ClN3O5/c27-18-12-19-25(29-22(18)17-8-6-16(7-9-17)15-4-2-1-3-5-15)30-26(28-19)35-21-14-34-23-20(32-11-10-31)13-33-24(21)23/h1-9,12,20-21,23-24,31H,10-11,13-14H2,(H,28,29,30). The third kappa shape index (κ3) is 4.39. The maximum atomic E-state index is 9.00. The molecular weight excluding hydrogens is 470 g/mol. The van der Waals surface area contributed by atoms with Gasteiger partial charge in [0.25, 0.3) is 6.01 Å². The molecule has 9 heteroatoms. The third-order valence-corrected chi connectivity index (χ3v) is 6.61. The van der Waals surface area contributed by atoms with Crippen molar-refractivity contribution in [2.75, 3.05) is 26.4 Å². The lowest BCUT2D eigenvalue weighted by molar-refractivity contribution is -0.0444. The maximum absolute atomic E-state index is 9.00. The number of fused-ring (bicyclic) bond motifs is 2. The summed E-state index contributed by atoms with van der Waals surface area (Å²) < 4.78 is 23.4. The van der Waals surface area contributed by atoms with E-state index in [2.05, 4.69) is 34.2 Å². The van der Waals surface area contributed by atoms with Crippen molar-refractivity contribution in [1.29, 1.82) is 0 Å². The number of aromatic nitrogens is 3. The van der Waals surface area contributed by atoms with Crippen molar-refractivity contribution in [3.63, 3.8) is 0 Å². The number of halogens is 1. The van der Waals surface area contributed by atoms with Gasteiger partial charge >= 0.3 is 0 Å². The normalized spacial score (nSPS) is 23.6. The van der Waals surface area contributed by atoms with E-state index in [9.17, 15) is 0 Å². The molecule has 4 unspecified atom stereocenters. The van der Waals surface area contributed by atoms with Gasteiger partial charge in [-0.1, -0.05) is 66.2 Å². The molecule has 4 heterocycles. The fourth-order valence-electron chi connectivity index (χ4n) is 4.63. The van der Waals surface area contributed by atoms with Crippen molar-refractivity contribution < 1.29 is 24.1 Å². The Labute approximate surface area is 206 Å². The van der Waals surface area contributed by atoms with Crippen LogP contribution >= 0.6 is 11.6 Å². The van der Waals surface area contributed by atoms with Crippen LogP contribution in [0.2, 0.25) is 5.02 Å². The number of hydrogen-bond acceptors (Lipinski definition) is 7. The Kier molecular flexibility index (Phi) is 6.13. The van der Waals surface area contributed by atoms with Gasteiger partial charge in [-0.05, 0) is 17.2 Å². The fraction of sp³-hybridized carbons (Fsp3) is 0.308. The summed E-state index contributed by atoms with van der Waals surface area (Å²) in [7, 11) is 0. The molecule has 2 N–H and O–H groups in total. The van der Waals surface area contributed by atoms with Crippen molar-refractivity contribution in [3.8, 4) is 28.4 Å². The highest BCUT2D eigenvalue weighted by Crippen LogP contribution is 2.33. The summed E-state index contributed by atoms with van der Waals surface area (Å²) in [6.45, 7) is 0.971. The van der Waals surface area contributed by atoms with Crippen molar-refractivity contribution >= 4 is 22.8 Å². The summed E-state index contributed by atoms with van der Waals surface area (Å²) in [5, 5.41) is 9.52. The number of hydrogen-bond donors (Lipinski definition) is 2. The molecule has 2 aromatic heterocycles. The third-order valence-electron chi connectivity index (χ3n) is 6.32. The highest BCUT2D eigenvalue weighted by atomic mass is 35.5. The summed E-state index contributed by atoms with van der Waals surface area (Å²) in [4.78, 5) is 12.4. The highest BCUT2D eigenvalue weighted by Gasteiger charge is 2.49. The lowest BCUT2D eigenvalue weighted by atomic mass is 10.0. The van der Waals surface area contributed by atoms with Crippen LogP contribution in [0, 0.1) is 0 Å². The van der Waals surface area contributed by atoms with Gasteiger partial charge in [0.15, 0.2) is 11.8 Å². The quantitative estimate of drug-likeness (QED) is 0.403. The molecule has 2 saturated heterocycles. The van der Waals surface area contributed by atoms with E-state index in [1.807, 2.05) is 36.4 Å². The molecule has 8 nitrogen and oxygen atoms in total. The smallest absolute Gasteiger partial charge is 0.296 e. The first-order chi connectivity index (χ1) is 17.2. The van der Waals surface area contributed by atoms with E-state index in [4.69, 9.17) is 40.6 Å². The number of ether oxygens (including phenoxy) is 4. The van der Waals surface area contributed by atoms with Crippen LogP contribution in [0.1, 0.15) is 0 Å². The first kappa shape index (κ1) is 22.5. The van der Waals surface area contributed by atoms with Gasteiger partial charge in [0, 0.05) is 5.56 Å². The van der Waals surface area contributed by atoms with E-state index in [0.29, 0.717) is 41.1 Å². The monoisotopic (exact) mass is 493 g/mol. The molecule has 0 spiro atoms. The molecule has 180 valence electrons. The summed E-state index contributed by atoms with van der Waals surface area (Å²) in [5.41, 5.74) is 5.03. The number of imidazole rings is 1. The van der Waals surface area contributed by atoms with E-state index in [1.54, 1.807) is 0 Å². The highest BCUT2D eigenvalue weighted by molar-refractivity contribution is 6.33. The molecule has 4 aromatic rings. The van der Waals surface area contributed by atoms with Crippen LogP contribution in [0.25, 0.3) is 33.5 Å². The molecule has 2 aliphatic rings. The minimum atomic E-state index is -0.330. The molecular formula is C26H24ClN3O5. The van der Waals surface area contributed by atoms with Gasteiger partial charge in [0.2, 0.25) is 0 Å². The van der Waals surface area contributed by atoms with Crippen molar-refractivity contribution in [3.05, 3.63) is 65.7 Å². The van der Waals surface area contributed by atoms with Crippen LogP contribution in [0.5, 0.6) is 6.01 Å². The number of nitrogens with one attached hydrogen (secondary N) is 1. The molecule has 0 amide bonds. The number of rotatable bonds is 7.